The zero-order valence-corrected chi connectivity index (χ0v) is 14.9. The van der Waals surface area contributed by atoms with Gasteiger partial charge in [-0.25, -0.2) is 0 Å². The molecule has 1 amide bonds. The Balaban J connectivity index is 1.94. The molecule has 0 saturated heterocycles. The van der Waals surface area contributed by atoms with E-state index < -0.39 is 0 Å². The molecule has 1 aliphatic rings. The lowest BCUT2D eigenvalue weighted by Crippen LogP contribution is -2.48. The number of rotatable bonds is 8. The van der Waals surface area contributed by atoms with Crippen LogP contribution in [0.2, 0.25) is 0 Å². The van der Waals surface area contributed by atoms with Gasteiger partial charge in [0.05, 0.1) is 0 Å². The lowest BCUT2D eigenvalue weighted by atomic mass is 10.1. The van der Waals surface area contributed by atoms with Crippen LogP contribution < -0.4 is 5.32 Å². The van der Waals surface area contributed by atoms with E-state index in [9.17, 15) is 4.79 Å². The number of hydrogen-bond donors (Lipinski definition) is 1. The molecule has 0 unspecified atom stereocenters. The molecule has 0 radical (unpaired) electrons. The van der Waals surface area contributed by atoms with Crippen LogP contribution in [-0.2, 0) is 11.2 Å². The molecule has 0 bridgehead atoms. The summed E-state index contributed by atoms with van der Waals surface area (Å²) in [6.45, 7) is 9.26. The molecule has 0 spiro atoms. The van der Waals surface area contributed by atoms with Crippen molar-refractivity contribution in [2.45, 2.75) is 65.6 Å². The first kappa shape index (κ1) is 17.7. The molecule has 23 heavy (non-hydrogen) atoms. The maximum absolute atomic E-state index is 12.4. The molecular weight excluding hydrogens is 284 g/mol. The second-order valence-corrected chi connectivity index (χ2v) is 6.65. The van der Waals surface area contributed by atoms with Crippen LogP contribution in [0.15, 0.2) is 41.5 Å². The third-order valence-corrected chi connectivity index (χ3v) is 4.80. The van der Waals surface area contributed by atoms with Crippen molar-refractivity contribution >= 4 is 5.91 Å². The molecule has 0 saturated carbocycles. The van der Waals surface area contributed by atoms with Crippen molar-refractivity contribution in [3.05, 3.63) is 47.0 Å². The highest BCUT2D eigenvalue weighted by atomic mass is 16.2. The van der Waals surface area contributed by atoms with Crippen LogP contribution in [0.4, 0.5) is 0 Å². The van der Waals surface area contributed by atoms with E-state index in [1.807, 2.05) is 11.8 Å². The standard InChI is InChI=1S/C20H30N2O/c1-5-6-14-22-19(16(3)17(4)20(22)23)21-15(2)12-13-18-10-8-7-9-11-18/h7-11,15,19,21H,5-6,12-14H2,1-4H3/t15-,19+/m1/s1. The molecule has 0 fully saturated rings. The van der Waals surface area contributed by atoms with Gasteiger partial charge >= 0.3 is 0 Å². The van der Waals surface area contributed by atoms with Gasteiger partial charge in [-0.05, 0) is 51.2 Å². The number of carbonyl (C=O) groups excluding carboxylic acids is 1. The van der Waals surface area contributed by atoms with Crippen molar-refractivity contribution in [3.8, 4) is 0 Å². The van der Waals surface area contributed by atoms with Crippen LogP contribution in [0.5, 0.6) is 0 Å². The predicted molar refractivity (Wildman–Crippen MR) is 96.1 cm³/mol. The van der Waals surface area contributed by atoms with Crippen molar-refractivity contribution in [1.82, 2.24) is 10.2 Å². The lowest BCUT2D eigenvalue weighted by Gasteiger charge is -2.30. The van der Waals surface area contributed by atoms with Crippen LogP contribution in [0.25, 0.3) is 0 Å². The van der Waals surface area contributed by atoms with E-state index in [0.717, 1.165) is 37.8 Å². The van der Waals surface area contributed by atoms with Gasteiger partial charge < -0.3 is 4.90 Å². The molecule has 3 heteroatoms. The van der Waals surface area contributed by atoms with Crippen LogP contribution in [0.1, 0.15) is 52.5 Å². The van der Waals surface area contributed by atoms with Gasteiger partial charge in [-0.1, -0.05) is 43.7 Å². The predicted octanol–water partition coefficient (Wildman–Crippen LogP) is 3.90. The number of unbranched alkanes of at least 4 members (excludes halogenated alkanes) is 1. The Morgan fingerprint density at radius 3 is 2.57 bits per heavy atom. The molecule has 1 aromatic rings. The van der Waals surface area contributed by atoms with Gasteiger partial charge in [-0.2, -0.15) is 0 Å². The number of amides is 1. The van der Waals surface area contributed by atoms with Crippen molar-refractivity contribution in [3.63, 3.8) is 0 Å². The summed E-state index contributed by atoms with van der Waals surface area (Å²) < 4.78 is 0. The molecule has 126 valence electrons. The fraction of sp³-hybridized carbons (Fsp3) is 0.550. The molecule has 0 aliphatic carbocycles. The van der Waals surface area contributed by atoms with Gasteiger partial charge in [0.15, 0.2) is 0 Å². The second-order valence-electron chi connectivity index (χ2n) is 6.65. The van der Waals surface area contributed by atoms with Gasteiger partial charge in [-0.15, -0.1) is 0 Å². The largest absolute Gasteiger partial charge is 0.319 e. The first-order valence-electron chi connectivity index (χ1n) is 8.83. The topological polar surface area (TPSA) is 32.3 Å². The second kappa shape index (κ2) is 8.30. The zero-order valence-electron chi connectivity index (χ0n) is 14.9. The minimum Gasteiger partial charge on any atom is -0.319 e. The third-order valence-electron chi connectivity index (χ3n) is 4.80. The zero-order chi connectivity index (χ0) is 16.8. The number of nitrogens with one attached hydrogen (secondary N) is 1. The summed E-state index contributed by atoms with van der Waals surface area (Å²) in [4.78, 5) is 14.4. The third kappa shape index (κ3) is 4.44. The highest BCUT2D eigenvalue weighted by molar-refractivity contribution is 5.96. The van der Waals surface area contributed by atoms with Gasteiger partial charge in [0.25, 0.3) is 5.91 Å². The first-order valence-corrected chi connectivity index (χ1v) is 8.83. The first-order chi connectivity index (χ1) is 11.0. The minimum atomic E-state index is 0.0693. The van der Waals surface area contributed by atoms with Crippen molar-refractivity contribution < 1.29 is 4.79 Å². The summed E-state index contributed by atoms with van der Waals surface area (Å²) >= 11 is 0. The van der Waals surface area contributed by atoms with Gasteiger partial charge in [0.2, 0.25) is 0 Å². The van der Waals surface area contributed by atoms with Crippen molar-refractivity contribution in [2.75, 3.05) is 6.54 Å². The van der Waals surface area contributed by atoms with E-state index in [-0.39, 0.29) is 12.1 Å². The van der Waals surface area contributed by atoms with E-state index >= 15 is 0 Å². The van der Waals surface area contributed by atoms with Gasteiger partial charge in [-0.3, -0.25) is 10.1 Å². The monoisotopic (exact) mass is 314 g/mol. The Morgan fingerprint density at radius 2 is 1.91 bits per heavy atom. The highest BCUT2D eigenvalue weighted by Gasteiger charge is 2.34. The Kier molecular flexibility index (Phi) is 6.40. The van der Waals surface area contributed by atoms with Crippen LogP contribution in [0, 0.1) is 0 Å². The van der Waals surface area contributed by atoms with E-state index in [1.54, 1.807) is 0 Å². The molecular formula is C20H30N2O. The Hall–Kier alpha value is -1.61. The maximum Gasteiger partial charge on any atom is 0.251 e. The lowest BCUT2D eigenvalue weighted by molar-refractivity contribution is -0.127. The minimum absolute atomic E-state index is 0.0693. The number of carbonyl (C=O) groups is 1. The summed E-state index contributed by atoms with van der Waals surface area (Å²) in [7, 11) is 0. The van der Waals surface area contributed by atoms with E-state index in [2.05, 4.69) is 56.4 Å². The van der Waals surface area contributed by atoms with E-state index in [0.29, 0.717) is 6.04 Å². The summed E-state index contributed by atoms with van der Waals surface area (Å²) in [6, 6.07) is 11.0. The Labute approximate surface area is 140 Å². The fourth-order valence-electron chi connectivity index (χ4n) is 3.09. The van der Waals surface area contributed by atoms with Gasteiger partial charge in [0, 0.05) is 18.2 Å². The average Bonchev–Trinajstić information content (AvgIpc) is 2.76. The molecule has 0 aromatic heterocycles. The molecule has 1 aromatic carbocycles. The van der Waals surface area contributed by atoms with Crippen molar-refractivity contribution in [2.24, 2.45) is 0 Å². The van der Waals surface area contributed by atoms with E-state index in [1.165, 1.54) is 11.1 Å². The number of aryl methyl sites for hydroxylation is 1. The molecule has 1 aliphatic heterocycles. The molecule has 1 N–H and O–H groups in total. The number of nitrogens with zero attached hydrogens (tertiary/aromatic N) is 1. The highest BCUT2D eigenvalue weighted by Crippen LogP contribution is 2.25. The molecule has 3 nitrogen and oxygen atoms in total. The Bertz CT molecular complexity index is 550. The number of benzene rings is 1. The van der Waals surface area contributed by atoms with E-state index in [4.69, 9.17) is 0 Å². The molecule has 2 atom stereocenters. The SMILES string of the molecule is CCCCN1C(=O)C(C)=C(C)[C@H]1N[C@H](C)CCc1ccccc1. The molecule has 2 rings (SSSR count). The summed E-state index contributed by atoms with van der Waals surface area (Å²) in [6.07, 6.45) is 4.37. The maximum atomic E-state index is 12.4. The van der Waals surface area contributed by atoms with Crippen LogP contribution in [-0.4, -0.2) is 29.6 Å². The van der Waals surface area contributed by atoms with Crippen molar-refractivity contribution in [1.29, 1.82) is 0 Å². The van der Waals surface area contributed by atoms with Crippen LogP contribution in [0.3, 0.4) is 0 Å². The quantitative estimate of drug-likeness (QED) is 0.789. The summed E-state index contributed by atoms with van der Waals surface area (Å²) in [5.74, 6) is 0.198. The average molecular weight is 314 g/mol. The summed E-state index contributed by atoms with van der Waals surface area (Å²) in [5.41, 5.74) is 3.46. The number of hydrogen-bond acceptors (Lipinski definition) is 2. The van der Waals surface area contributed by atoms with Gasteiger partial charge in [0.1, 0.15) is 6.17 Å². The fourth-order valence-corrected chi connectivity index (χ4v) is 3.09. The smallest absolute Gasteiger partial charge is 0.251 e. The Morgan fingerprint density at radius 1 is 1.22 bits per heavy atom. The normalized spacial score (nSPS) is 19.6. The summed E-state index contributed by atoms with van der Waals surface area (Å²) in [5, 5.41) is 3.67. The van der Waals surface area contributed by atoms with Crippen LogP contribution >= 0.6 is 0 Å². The molecule has 1 heterocycles.